The molecule has 0 spiro atoms. The van der Waals surface area contributed by atoms with E-state index < -0.39 is 0 Å². The van der Waals surface area contributed by atoms with Gasteiger partial charge in [-0.3, -0.25) is 4.79 Å². The fraction of sp³-hybridized carbons (Fsp3) is 0.333. The van der Waals surface area contributed by atoms with Gasteiger partial charge in [0.2, 0.25) is 0 Å². The molecule has 1 amide bonds. The van der Waals surface area contributed by atoms with E-state index in [2.05, 4.69) is 21.8 Å². The Bertz CT molecular complexity index is 749. The van der Waals surface area contributed by atoms with Crippen LogP contribution in [0, 0.1) is 5.82 Å². The normalized spacial score (nSPS) is 14.3. The molecule has 126 valence electrons. The van der Waals surface area contributed by atoms with Crippen LogP contribution in [0.3, 0.4) is 0 Å². The summed E-state index contributed by atoms with van der Waals surface area (Å²) in [5, 5.41) is 10.5. The topological polar surface area (TPSA) is 59.0 Å². The zero-order chi connectivity index (χ0) is 16.9. The lowest BCUT2D eigenvalue weighted by Gasteiger charge is -2.14. The van der Waals surface area contributed by atoms with Crippen molar-refractivity contribution in [3.63, 3.8) is 0 Å². The maximum Gasteiger partial charge on any atom is 0.255 e. The first-order chi connectivity index (χ1) is 11.7. The van der Waals surface area contributed by atoms with E-state index in [1.54, 1.807) is 23.0 Å². The summed E-state index contributed by atoms with van der Waals surface area (Å²) in [5.41, 5.74) is 3.37. The van der Waals surface area contributed by atoms with Gasteiger partial charge in [-0.25, -0.2) is 9.07 Å². The second kappa shape index (κ2) is 7.40. The lowest BCUT2D eigenvalue weighted by molar-refractivity contribution is 0.0955. The van der Waals surface area contributed by atoms with Crippen LogP contribution < -0.4 is 10.6 Å². The van der Waals surface area contributed by atoms with Gasteiger partial charge in [-0.2, -0.15) is 5.10 Å². The van der Waals surface area contributed by atoms with Crippen LogP contribution in [0.4, 0.5) is 4.39 Å². The molecule has 1 aliphatic heterocycles. The van der Waals surface area contributed by atoms with Crippen molar-refractivity contribution in [2.45, 2.75) is 19.8 Å². The van der Waals surface area contributed by atoms with Gasteiger partial charge in [0.15, 0.2) is 0 Å². The zero-order valence-corrected chi connectivity index (χ0v) is 13.7. The number of benzene rings is 1. The van der Waals surface area contributed by atoms with Crippen molar-refractivity contribution in [1.82, 2.24) is 20.4 Å². The molecule has 0 atom stereocenters. The van der Waals surface area contributed by atoms with E-state index >= 15 is 0 Å². The summed E-state index contributed by atoms with van der Waals surface area (Å²) in [6.45, 7) is 4.34. The van der Waals surface area contributed by atoms with Gasteiger partial charge in [0.25, 0.3) is 5.91 Å². The SMILES string of the molecule is CCc1c(C(=O)NCC2=CCNCC2)cnn1-c1ccc(F)cc1. The van der Waals surface area contributed by atoms with Crippen molar-refractivity contribution in [2.24, 2.45) is 0 Å². The summed E-state index contributed by atoms with van der Waals surface area (Å²) in [7, 11) is 0. The third-order valence-corrected chi connectivity index (χ3v) is 4.15. The molecular weight excluding hydrogens is 307 g/mol. The van der Waals surface area contributed by atoms with Crippen molar-refractivity contribution in [3.8, 4) is 5.69 Å². The Balaban J connectivity index is 1.77. The Morgan fingerprint density at radius 3 is 2.83 bits per heavy atom. The van der Waals surface area contributed by atoms with Gasteiger partial charge in [0.05, 0.1) is 23.1 Å². The van der Waals surface area contributed by atoms with Crippen molar-refractivity contribution in [3.05, 3.63) is 59.2 Å². The molecule has 0 radical (unpaired) electrons. The van der Waals surface area contributed by atoms with Crippen LogP contribution in [0.25, 0.3) is 5.69 Å². The van der Waals surface area contributed by atoms with Gasteiger partial charge >= 0.3 is 0 Å². The van der Waals surface area contributed by atoms with E-state index in [4.69, 9.17) is 0 Å². The van der Waals surface area contributed by atoms with Gasteiger partial charge in [0, 0.05) is 13.1 Å². The minimum absolute atomic E-state index is 0.125. The Morgan fingerprint density at radius 2 is 2.17 bits per heavy atom. The van der Waals surface area contributed by atoms with Crippen molar-refractivity contribution in [2.75, 3.05) is 19.6 Å². The van der Waals surface area contributed by atoms with Gasteiger partial charge in [-0.1, -0.05) is 18.6 Å². The Morgan fingerprint density at radius 1 is 1.38 bits per heavy atom. The fourth-order valence-corrected chi connectivity index (χ4v) is 2.83. The molecule has 0 saturated carbocycles. The molecule has 0 aliphatic carbocycles. The first-order valence-corrected chi connectivity index (χ1v) is 8.18. The summed E-state index contributed by atoms with van der Waals surface area (Å²) in [6.07, 6.45) is 5.31. The predicted octanol–water partition coefficient (Wildman–Crippen LogP) is 2.22. The summed E-state index contributed by atoms with van der Waals surface area (Å²) in [5.74, 6) is -0.420. The minimum atomic E-state index is -0.294. The molecule has 2 N–H and O–H groups in total. The van der Waals surface area contributed by atoms with Gasteiger partial charge in [-0.15, -0.1) is 0 Å². The molecule has 0 bridgehead atoms. The Kier molecular flexibility index (Phi) is 5.05. The molecular formula is C18H21FN4O. The maximum absolute atomic E-state index is 13.1. The van der Waals surface area contributed by atoms with Crippen LogP contribution in [0.15, 0.2) is 42.1 Å². The average molecular weight is 328 g/mol. The fourth-order valence-electron chi connectivity index (χ4n) is 2.83. The number of carbonyl (C=O) groups is 1. The van der Waals surface area contributed by atoms with E-state index in [0.717, 1.165) is 30.9 Å². The molecule has 2 heterocycles. The van der Waals surface area contributed by atoms with Crippen molar-refractivity contribution < 1.29 is 9.18 Å². The highest BCUT2D eigenvalue weighted by atomic mass is 19.1. The number of hydrogen-bond acceptors (Lipinski definition) is 3. The lowest BCUT2D eigenvalue weighted by atomic mass is 10.1. The van der Waals surface area contributed by atoms with Crippen LogP contribution in [0.5, 0.6) is 0 Å². The number of aromatic nitrogens is 2. The summed E-state index contributed by atoms with van der Waals surface area (Å²) >= 11 is 0. The Hall–Kier alpha value is -2.47. The number of halogens is 1. The quantitative estimate of drug-likeness (QED) is 0.828. The highest BCUT2D eigenvalue weighted by molar-refractivity contribution is 5.95. The van der Waals surface area contributed by atoms with E-state index in [-0.39, 0.29) is 11.7 Å². The average Bonchev–Trinajstić information content (AvgIpc) is 3.05. The molecule has 2 aromatic rings. The van der Waals surface area contributed by atoms with Crippen LogP contribution in [-0.2, 0) is 6.42 Å². The second-order valence-electron chi connectivity index (χ2n) is 5.75. The summed E-state index contributed by atoms with van der Waals surface area (Å²) in [4.78, 5) is 12.5. The molecule has 3 rings (SSSR count). The number of hydrogen-bond donors (Lipinski definition) is 2. The lowest BCUT2D eigenvalue weighted by Crippen LogP contribution is -2.30. The van der Waals surface area contributed by atoms with E-state index in [1.807, 2.05) is 6.92 Å². The predicted molar refractivity (Wildman–Crippen MR) is 90.8 cm³/mol. The largest absolute Gasteiger partial charge is 0.348 e. The Labute approximate surface area is 140 Å². The number of nitrogens with zero attached hydrogens (tertiary/aromatic N) is 2. The first kappa shape index (κ1) is 16.4. The monoisotopic (exact) mass is 328 g/mol. The van der Waals surface area contributed by atoms with Gasteiger partial charge < -0.3 is 10.6 Å². The number of rotatable bonds is 5. The molecule has 0 unspecified atom stereocenters. The number of carbonyl (C=O) groups excluding carboxylic acids is 1. The van der Waals surface area contributed by atoms with Gasteiger partial charge in [-0.05, 0) is 43.7 Å². The van der Waals surface area contributed by atoms with E-state index in [1.165, 1.54) is 17.7 Å². The van der Waals surface area contributed by atoms with Crippen LogP contribution in [-0.4, -0.2) is 35.3 Å². The van der Waals surface area contributed by atoms with E-state index in [0.29, 0.717) is 18.5 Å². The summed E-state index contributed by atoms with van der Waals surface area (Å²) in [6, 6.07) is 6.09. The molecule has 0 fully saturated rings. The van der Waals surface area contributed by atoms with Crippen LogP contribution >= 0.6 is 0 Å². The highest BCUT2D eigenvalue weighted by Gasteiger charge is 2.17. The third-order valence-electron chi connectivity index (χ3n) is 4.15. The van der Waals surface area contributed by atoms with Crippen LogP contribution in [0.1, 0.15) is 29.4 Å². The highest BCUT2D eigenvalue weighted by Crippen LogP contribution is 2.16. The molecule has 1 aliphatic rings. The minimum Gasteiger partial charge on any atom is -0.348 e. The first-order valence-electron chi connectivity index (χ1n) is 8.18. The number of nitrogens with one attached hydrogen (secondary N) is 2. The summed E-state index contributed by atoms with van der Waals surface area (Å²) < 4.78 is 14.8. The molecule has 6 heteroatoms. The smallest absolute Gasteiger partial charge is 0.255 e. The second-order valence-corrected chi connectivity index (χ2v) is 5.75. The van der Waals surface area contributed by atoms with Crippen LogP contribution in [0.2, 0.25) is 0 Å². The maximum atomic E-state index is 13.1. The van der Waals surface area contributed by atoms with Gasteiger partial charge in [0.1, 0.15) is 5.82 Å². The van der Waals surface area contributed by atoms with Crippen molar-refractivity contribution >= 4 is 5.91 Å². The molecule has 0 saturated heterocycles. The van der Waals surface area contributed by atoms with Crippen molar-refractivity contribution in [1.29, 1.82) is 0 Å². The molecule has 24 heavy (non-hydrogen) atoms. The zero-order valence-electron chi connectivity index (χ0n) is 13.7. The molecule has 5 nitrogen and oxygen atoms in total. The van der Waals surface area contributed by atoms with E-state index in [9.17, 15) is 9.18 Å². The molecule has 1 aromatic carbocycles. The third kappa shape index (κ3) is 3.54. The standard InChI is InChI=1S/C18H21FN4O/c1-2-17-16(18(24)21-11-13-7-9-20-10-8-13)12-22-23(17)15-5-3-14(19)4-6-15/h3-7,12,20H,2,8-11H2,1H3,(H,21,24). The molecule has 1 aromatic heterocycles. The number of amides is 1.